The van der Waals surface area contributed by atoms with Crippen LogP contribution in [0.15, 0.2) is 24.3 Å². The van der Waals surface area contributed by atoms with Gasteiger partial charge in [-0.05, 0) is 38.4 Å². The molecule has 0 spiro atoms. The van der Waals surface area contributed by atoms with Gasteiger partial charge in [-0.3, -0.25) is 9.69 Å². The summed E-state index contributed by atoms with van der Waals surface area (Å²) in [5, 5.41) is 0. The maximum absolute atomic E-state index is 13.1. The number of benzene rings is 1. The van der Waals surface area contributed by atoms with Gasteiger partial charge in [-0.25, -0.2) is 4.39 Å². The number of amides is 1. The number of hydrogen-bond donors (Lipinski definition) is 0. The first-order chi connectivity index (χ1) is 11.6. The molecule has 0 N–H and O–H groups in total. The van der Waals surface area contributed by atoms with E-state index in [0.29, 0.717) is 24.9 Å². The molecular weight excluding hydrogens is 311 g/mol. The van der Waals surface area contributed by atoms with Crippen molar-refractivity contribution in [3.63, 3.8) is 0 Å². The van der Waals surface area contributed by atoms with Crippen molar-refractivity contribution in [1.29, 1.82) is 0 Å². The molecule has 3 rings (SSSR count). The number of rotatable bonds is 6. The lowest BCUT2D eigenvalue weighted by Crippen LogP contribution is -2.46. The van der Waals surface area contributed by atoms with Gasteiger partial charge in [-0.1, -0.05) is 6.07 Å². The van der Waals surface area contributed by atoms with Crippen LogP contribution in [0.3, 0.4) is 0 Å². The summed E-state index contributed by atoms with van der Waals surface area (Å²) in [6.45, 7) is 3.38. The molecule has 132 valence electrons. The summed E-state index contributed by atoms with van der Waals surface area (Å²) in [7, 11) is 1.95. The van der Waals surface area contributed by atoms with Crippen LogP contribution >= 0.6 is 0 Å². The molecule has 6 heteroatoms. The van der Waals surface area contributed by atoms with E-state index in [-0.39, 0.29) is 17.8 Å². The van der Waals surface area contributed by atoms with E-state index >= 15 is 0 Å². The average molecular weight is 336 g/mol. The predicted octanol–water partition coefficient (Wildman–Crippen LogP) is 1.92. The van der Waals surface area contributed by atoms with Crippen molar-refractivity contribution < 1.29 is 18.7 Å². The van der Waals surface area contributed by atoms with Crippen LogP contribution in [0.4, 0.5) is 4.39 Å². The quantitative estimate of drug-likeness (QED) is 0.796. The highest BCUT2D eigenvalue weighted by Gasteiger charge is 2.38. The maximum Gasteiger partial charge on any atom is 0.240 e. The van der Waals surface area contributed by atoms with Crippen molar-refractivity contribution in [2.45, 2.75) is 31.3 Å². The second-order valence-electron chi connectivity index (χ2n) is 6.47. The molecule has 2 aliphatic rings. The molecule has 0 aliphatic carbocycles. The van der Waals surface area contributed by atoms with Gasteiger partial charge in [0.15, 0.2) is 0 Å². The van der Waals surface area contributed by atoms with Gasteiger partial charge >= 0.3 is 0 Å². The molecule has 2 heterocycles. The molecule has 0 bridgehead atoms. The minimum absolute atomic E-state index is 0.0797. The molecule has 2 saturated heterocycles. The van der Waals surface area contributed by atoms with Gasteiger partial charge in [-0.15, -0.1) is 0 Å². The minimum atomic E-state index is -0.307. The highest BCUT2D eigenvalue weighted by atomic mass is 19.1. The Hall–Kier alpha value is -1.66. The van der Waals surface area contributed by atoms with Crippen molar-refractivity contribution in [3.05, 3.63) is 30.1 Å². The Morgan fingerprint density at radius 3 is 2.88 bits per heavy atom. The molecule has 1 amide bonds. The maximum atomic E-state index is 13.1. The number of hydrogen-bond acceptors (Lipinski definition) is 4. The largest absolute Gasteiger partial charge is 0.492 e. The zero-order valence-electron chi connectivity index (χ0n) is 14.1. The molecule has 0 saturated carbocycles. The molecule has 0 radical (unpaired) electrons. The fourth-order valence-corrected chi connectivity index (χ4v) is 3.47. The van der Waals surface area contributed by atoms with Crippen LogP contribution in [0.2, 0.25) is 0 Å². The van der Waals surface area contributed by atoms with E-state index in [9.17, 15) is 9.18 Å². The molecule has 0 unspecified atom stereocenters. The third-order valence-electron chi connectivity index (χ3n) is 4.88. The van der Waals surface area contributed by atoms with Crippen LogP contribution in [-0.4, -0.2) is 67.7 Å². The number of halogens is 1. The SMILES string of the molecule is CN(CCOc1cccc(F)c1)[C@@H]1CCN(C2CCOCC2)C1=O. The Kier molecular flexibility index (Phi) is 5.68. The second kappa shape index (κ2) is 7.94. The van der Waals surface area contributed by atoms with Crippen molar-refractivity contribution in [3.8, 4) is 5.75 Å². The first-order valence-corrected chi connectivity index (χ1v) is 8.62. The zero-order chi connectivity index (χ0) is 16.9. The summed E-state index contributed by atoms with van der Waals surface area (Å²) in [5.74, 6) is 0.430. The molecule has 2 aliphatic heterocycles. The van der Waals surface area contributed by atoms with Crippen LogP contribution in [0.5, 0.6) is 5.75 Å². The van der Waals surface area contributed by atoms with Gasteiger partial charge in [0.05, 0.1) is 6.04 Å². The predicted molar refractivity (Wildman–Crippen MR) is 88.5 cm³/mol. The molecular formula is C18H25FN2O3. The summed E-state index contributed by atoms with van der Waals surface area (Å²) >= 11 is 0. The van der Waals surface area contributed by atoms with E-state index in [1.807, 2.05) is 16.8 Å². The highest BCUT2D eigenvalue weighted by Crippen LogP contribution is 2.23. The molecule has 0 aromatic heterocycles. The third-order valence-corrected chi connectivity index (χ3v) is 4.88. The van der Waals surface area contributed by atoms with E-state index in [0.717, 1.165) is 39.0 Å². The minimum Gasteiger partial charge on any atom is -0.492 e. The number of ether oxygens (including phenoxy) is 2. The monoisotopic (exact) mass is 336 g/mol. The summed E-state index contributed by atoms with van der Waals surface area (Å²) in [5.41, 5.74) is 0. The summed E-state index contributed by atoms with van der Waals surface area (Å²) < 4.78 is 24.1. The number of likely N-dealkylation sites (N-methyl/N-ethyl adjacent to an activating group) is 1. The van der Waals surface area contributed by atoms with Crippen molar-refractivity contribution >= 4 is 5.91 Å². The molecule has 24 heavy (non-hydrogen) atoms. The fraction of sp³-hybridized carbons (Fsp3) is 0.611. The van der Waals surface area contributed by atoms with Gasteiger partial charge in [0.2, 0.25) is 5.91 Å². The van der Waals surface area contributed by atoms with Gasteiger partial charge in [-0.2, -0.15) is 0 Å². The Morgan fingerprint density at radius 2 is 2.12 bits per heavy atom. The van der Waals surface area contributed by atoms with Crippen molar-refractivity contribution in [1.82, 2.24) is 9.80 Å². The van der Waals surface area contributed by atoms with Crippen LogP contribution in [0, 0.1) is 5.82 Å². The van der Waals surface area contributed by atoms with Crippen LogP contribution in [0.25, 0.3) is 0 Å². The Bertz CT molecular complexity index is 563. The van der Waals surface area contributed by atoms with Crippen LogP contribution in [0.1, 0.15) is 19.3 Å². The van der Waals surface area contributed by atoms with Gasteiger partial charge in [0.1, 0.15) is 18.2 Å². The Balaban J connectivity index is 1.46. The van der Waals surface area contributed by atoms with E-state index in [1.165, 1.54) is 12.1 Å². The summed E-state index contributed by atoms with van der Waals surface area (Å²) in [6.07, 6.45) is 2.72. The molecule has 1 aromatic rings. The second-order valence-corrected chi connectivity index (χ2v) is 6.47. The average Bonchev–Trinajstić information content (AvgIpc) is 2.97. The van der Waals surface area contributed by atoms with Crippen molar-refractivity contribution in [2.24, 2.45) is 0 Å². The summed E-state index contributed by atoms with van der Waals surface area (Å²) in [4.78, 5) is 16.7. The van der Waals surface area contributed by atoms with E-state index < -0.39 is 0 Å². The molecule has 1 aromatic carbocycles. The number of carbonyl (C=O) groups is 1. The first kappa shape index (κ1) is 17.2. The molecule has 1 atom stereocenters. The van der Waals surface area contributed by atoms with Gasteiger partial charge in [0, 0.05) is 38.4 Å². The van der Waals surface area contributed by atoms with Crippen molar-refractivity contribution in [2.75, 3.05) is 40.0 Å². The smallest absolute Gasteiger partial charge is 0.240 e. The molecule has 2 fully saturated rings. The van der Waals surface area contributed by atoms with Gasteiger partial charge in [0.25, 0.3) is 0 Å². The lowest BCUT2D eigenvalue weighted by Gasteiger charge is -2.32. The standard InChI is InChI=1S/C18H25FN2O3/c1-20(9-12-24-16-4-2-3-14(19)13-16)17-5-8-21(18(17)22)15-6-10-23-11-7-15/h2-4,13,15,17H,5-12H2,1H3/t17-/m1/s1. The number of likely N-dealkylation sites (tertiary alicyclic amines) is 1. The Labute approximate surface area is 142 Å². The topological polar surface area (TPSA) is 42.0 Å². The van der Waals surface area contributed by atoms with Crippen LogP contribution < -0.4 is 4.74 Å². The van der Waals surface area contributed by atoms with E-state index in [4.69, 9.17) is 9.47 Å². The zero-order valence-corrected chi connectivity index (χ0v) is 14.1. The summed E-state index contributed by atoms with van der Waals surface area (Å²) in [6, 6.07) is 6.36. The van der Waals surface area contributed by atoms with E-state index in [2.05, 4.69) is 0 Å². The lowest BCUT2D eigenvalue weighted by atomic mass is 10.1. The fourth-order valence-electron chi connectivity index (χ4n) is 3.47. The first-order valence-electron chi connectivity index (χ1n) is 8.62. The molecule has 5 nitrogen and oxygen atoms in total. The van der Waals surface area contributed by atoms with Crippen LogP contribution in [-0.2, 0) is 9.53 Å². The highest BCUT2D eigenvalue weighted by molar-refractivity contribution is 5.84. The number of nitrogens with zero attached hydrogens (tertiary/aromatic N) is 2. The normalized spacial score (nSPS) is 22.4. The number of carbonyl (C=O) groups excluding carboxylic acids is 1. The Morgan fingerprint density at radius 1 is 1.33 bits per heavy atom. The van der Waals surface area contributed by atoms with E-state index in [1.54, 1.807) is 12.1 Å². The van der Waals surface area contributed by atoms with Gasteiger partial charge < -0.3 is 14.4 Å². The third kappa shape index (κ3) is 4.05. The lowest BCUT2D eigenvalue weighted by molar-refractivity contribution is -0.135.